The number of piperidine rings is 1. The van der Waals surface area contributed by atoms with Crippen LogP contribution in [0.3, 0.4) is 0 Å². The van der Waals surface area contributed by atoms with E-state index in [0.29, 0.717) is 0 Å². The number of rotatable bonds is 7. The third-order valence-electron chi connectivity index (χ3n) is 7.65. The summed E-state index contributed by atoms with van der Waals surface area (Å²) in [6.07, 6.45) is 4.30. The van der Waals surface area contributed by atoms with Crippen molar-refractivity contribution in [3.05, 3.63) is 71.4 Å². The number of benzene rings is 2. The summed E-state index contributed by atoms with van der Waals surface area (Å²) in [5, 5.41) is 12.9. The Kier molecular flexibility index (Phi) is 7.06. The molecule has 1 saturated heterocycles. The first-order chi connectivity index (χ1) is 17.8. The van der Waals surface area contributed by atoms with E-state index in [1.807, 2.05) is 24.3 Å². The summed E-state index contributed by atoms with van der Waals surface area (Å²) < 4.78 is 27.2. The Labute approximate surface area is 214 Å². The Morgan fingerprint density at radius 2 is 1.73 bits per heavy atom. The van der Waals surface area contributed by atoms with E-state index < -0.39 is 17.2 Å². The number of aromatic nitrogens is 2. The number of aromatic amines is 1. The number of likely N-dealkylation sites (tertiary alicyclic amines) is 1. The van der Waals surface area contributed by atoms with Gasteiger partial charge in [-0.25, -0.2) is 8.78 Å². The molecule has 3 aromatic rings. The zero-order valence-electron chi connectivity index (χ0n) is 20.8. The second-order valence-corrected chi connectivity index (χ2v) is 9.99. The summed E-state index contributed by atoms with van der Waals surface area (Å²) in [7, 11) is 0. The molecule has 0 bridgehead atoms. The topological polar surface area (TPSA) is 90.1 Å². The van der Waals surface area contributed by atoms with E-state index in [2.05, 4.69) is 32.7 Å². The molecule has 2 amide bonds. The lowest BCUT2D eigenvalue weighted by Crippen LogP contribution is -2.50. The first-order valence-electron chi connectivity index (χ1n) is 12.8. The van der Waals surface area contributed by atoms with Gasteiger partial charge in [-0.1, -0.05) is 19.1 Å². The van der Waals surface area contributed by atoms with E-state index in [1.165, 1.54) is 18.2 Å². The number of anilines is 1. The predicted octanol–water partition coefficient (Wildman–Crippen LogP) is 4.83. The van der Waals surface area contributed by atoms with Crippen LogP contribution in [0.1, 0.15) is 55.1 Å². The highest BCUT2D eigenvalue weighted by Crippen LogP contribution is 2.42. The van der Waals surface area contributed by atoms with E-state index in [1.54, 1.807) is 0 Å². The van der Waals surface area contributed by atoms with Crippen LogP contribution < -0.4 is 10.6 Å². The van der Waals surface area contributed by atoms with Crippen molar-refractivity contribution in [2.24, 2.45) is 5.92 Å². The maximum absolute atomic E-state index is 13.6. The standard InChI is InChI=1S/C28H31F2N5O2/c1-2-35-12-8-18(9-13-35)26(36)31-23-6-4-20(5-7-23)28(10-3-11-28)32-27(37)25-17-24(33-34-25)19-14-21(29)16-22(30)15-19/h4-7,14-18H,2-3,8-13H2,1H3,(H,31,36)(H,32,37)(H,33,34). The molecule has 0 radical (unpaired) electrons. The first-order valence-corrected chi connectivity index (χ1v) is 12.8. The zero-order chi connectivity index (χ0) is 26.0. The summed E-state index contributed by atoms with van der Waals surface area (Å²) in [6.45, 7) is 5.06. The highest BCUT2D eigenvalue weighted by molar-refractivity contribution is 5.94. The molecule has 0 spiro atoms. The van der Waals surface area contributed by atoms with Crippen LogP contribution in [0.5, 0.6) is 0 Å². The number of hydrogen-bond donors (Lipinski definition) is 3. The highest BCUT2D eigenvalue weighted by Gasteiger charge is 2.40. The van der Waals surface area contributed by atoms with Crippen molar-refractivity contribution in [2.45, 2.75) is 44.6 Å². The van der Waals surface area contributed by atoms with Crippen LogP contribution in [-0.4, -0.2) is 46.5 Å². The van der Waals surface area contributed by atoms with Gasteiger partial charge in [0.1, 0.15) is 17.3 Å². The fourth-order valence-corrected chi connectivity index (χ4v) is 5.22. The Morgan fingerprint density at radius 1 is 1.05 bits per heavy atom. The summed E-state index contributed by atoms with van der Waals surface area (Å²) in [4.78, 5) is 28.1. The van der Waals surface area contributed by atoms with Crippen LogP contribution in [0.15, 0.2) is 48.5 Å². The lowest BCUT2D eigenvalue weighted by Gasteiger charge is -2.43. The van der Waals surface area contributed by atoms with Gasteiger partial charge in [-0.15, -0.1) is 0 Å². The van der Waals surface area contributed by atoms with Crippen LogP contribution in [0, 0.1) is 17.6 Å². The SMILES string of the molecule is CCN1CCC(C(=O)Nc2ccc(C3(NC(=O)c4cc(-c5cc(F)cc(F)c5)n[nH]4)CCC3)cc2)CC1. The minimum atomic E-state index is -0.709. The molecule has 194 valence electrons. The summed E-state index contributed by atoms with van der Waals surface area (Å²) in [6, 6.07) is 12.3. The summed E-state index contributed by atoms with van der Waals surface area (Å²) in [5.41, 5.74) is 1.94. The van der Waals surface area contributed by atoms with Crippen molar-refractivity contribution in [1.29, 1.82) is 0 Å². The maximum Gasteiger partial charge on any atom is 0.270 e. The maximum atomic E-state index is 13.6. The number of carbonyl (C=O) groups is 2. The molecule has 7 nitrogen and oxygen atoms in total. The van der Waals surface area contributed by atoms with Crippen molar-refractivity contribution in [1.82, 2.24) is 20.4 Å². The van der Waals surface area contributed by atoms with Crippen LogP contribution in [-0.2, 0) is 10.3 Å². The molecular formula is C28H31F2N5O2. The molecule has 3 N–H and O–H groups in total. The zero-order valence-corrected chi connectivity index (χ0v) is 20.8. The molecule has 9 heteroatoms. The fraction of sp³-hybridized carbons (Fsp3) is 0.393. The van der Waals surface area contributed by atoms with Crippen LogP contribution in [0.4, 0.5) is 14.5 Å². The van der Waals surface area contributed by atoms with E-state index in [0.717, 1.165) is 69.1 Å². The van der Waals surface area contributed by atoms with Crippen molar-refractivity contribution in [3.8, 4) is 11.3 Å². The second-order valence-electron chi connectivity index (χ2n) is 9.99. The molecule has 0 unspecified atom stereocenters. The van der Waals surface area contributed by atoms with Gasteiger partial charge in [-0.05, 0) is 87.6 Å². The van der Waals surface area contributed by atoms with Crippen molar-refractivity contribution < 1.29 is 18.4 Å². The van der Waals surface area contributed by atoms with Crippen LogP contribution >= 0.6 is 0 Å². The van der Waals surface area contributed by atoms with Gasteiger partial charge in [-0.2, -0.15) is 5.10 Å². The fourth-order valence-electron chi connectivity index (χ4n) is 5.22. The van der Waals surface area contributed by atoms with E-state index in [9.17, 15) is 18.4 Å². The Hall–Kier alpha value is -3.59. The van der Waals surface area contributed by atoms with E-state index in [4.69, 9.17) is 0 Å². The van der Waals surface area contributed by atoms with Gasteiger partial charge < -0.3 is 15.5 Å². The molecule has 1 aliphatic heterocycles. The van der Waals surface area contributed by atoms with Gasteiger partial charge in [0.2, 0.25) is 5.91 Å². The minimum absolute atomic E-state index is 0.0305. The highest BCUT2D eigenvalue weighted by atomic mass is 19.1. The number of nitrogens with zero attached hydrogens (tertiary/aromatic N) is 2. The van der Waals surface area contributed by atoms with E-state index >= 15 is 0 Å². The number of amides is 2. The third kappa shape index (κ3) is 5.41. The van der Waals surface area contributed by atoms with Crippen LogP contribution in [0.25, 0.3) is 11.3 Å². The molecule has 2 heterocycles. The van der Waals surface area contributed by atoms with Gasteiger partial charge in [0.05, 0.1) is 11.2 Å². The molecule has 1 aliphatic carbocycles. The van der Waals surface area contributed by atoms with E-state index in [-0.39, 0.29) is 34.7 Å². The average molecular weight is 508 g/mol. The molecule has 2 fully saturated rings. The van der Waals surface area contributed by atoms with Gasteiger partial charge in [0, 0.05) is 23.2 Å². The van der Waals surface area contributed by atoms with Crippen molar-refractivity contribution in [3.63, 3.8) is 0 Å². The molecule has 2 aliphatic rings. The predicted molar refractivity (Wildman–Crippen MR) is 137 cm³/mol. The Balaban J connectivity index is 1.23. The molecule has 2 aromatic carbocycles. The number of hydrogen-bond acceptors (Lipinski definition) is 4. The minimum Gasteiger partial charge on any atom is -0.341 e. The molecular weight excluding hydrogens is 476 g/mol. The molecule has 0 atom stereocenters. The first kappa shape index (κ1) is 25.1. The lowest BCUT2D eigenvalue weighted by atomic mass is 9.71. The quantitative estimate of drug-likeness (QED) is 0.427. The molecule has 37 heavy (non-hydrogen) atoms. The number of nitrogens with one attached hydrogen (secondary N) is 3. The smallest absolute Gasteiger partial charge is 0.270 e. The Bertz CT molecular complexity index is 1260. The largest absolute Gasteiger partial charge is 0.341 e. The van der Waals surface area contributed by atoms with Crippen molar-refractivity contribution >= 4 is 17.5 Å². The number of H-pyrrole nitrogens is 1. The second kappa shape index (κ2) is 10.4. The number of halogens is 2. The van der Waals surface area contributed by atoms with Crippen molar-refractivity contribution in [2.75, 3.05) is 25.0 Å². The third-order valence-corrected chi connectivity index (χ3v) is 7.65. The molecule has 5 rings (SSSR count). The average Bonchev–Trinajstić information content (AvgIpc) is 3.37. The molecule has 1 saturated carbocycles. The molecule has 1 aromatic heterocycles. The summed E-state index contributed by atoms with van der Waals surface area (Å²) >= 11 is 0. The van der Waals surface area contributed by atoms with Gasteiger partial charge in [0.15, 0.2) is 0 Å². The van der Waals surface area contributed by atoms with Crippen LogP contribution in [0.2, 0.25) is 0 Å². The van der Waals surface area contributed by atoms with Gasteiger partial charge in [0.25, 0.3) is 5.91 Å². The normalized spacial score (nSPS) is 17.7. The monoisotopic (exact) mass is 507 g/mol. The van der Waals surface area contributed by atoms with Gasteiger partial charge in [-0.3, -0.25) is 14.7 Å². The van der Waals surface area contributed by atoms with Gasteiger partial charge >= 0.3 is 0 Å². The number of carbonyl (C=O) groups excluding carboxylic acids is 2. The Morgan fingerprint density at radius 3 is 2.32 bits per heavy atom. The lowest BCUT2D eigenvalue weighted by molar-refractivity contribution is -0.121. The summed E-state index contributed by atoms with van der Waals surface area (Å²) in [5.74, 6) is -1.67.